The number of aryl methyl sites for hydroxylation is 2. The second kappa shape index (κ2) is 7.45. The van der Waals surface area contributed by atoms with E-state index in [4.69, 9.17) is 4.52 Å². The lowest BCUT2D eigenvalue weighted by Crippen LogP contribution is -2.48. The first-order chi connectivity index (χ1) is 11.1. The third-order valence-electron chi connectivity index (χ3n) is 5.21. The van der Waals surface area contributed by atoms with E-state index in [0.29, 0.717) is 11.8 Å². The van der Waals surface area contributed by atoms with E-state index in [-0.39, 0.29) is 0 Å². The maximum atomic E-state index is 12.5. The smallest absolute Gasteiger partial charge is 0.222 e. The molecule has 6 heteroatoms. The molecular weight excluding hydrogens is 292 g/mol. The second-order valence-electron chi connectivity index (χ2n) is 6.86. The molecule has 0 unspecified atom stereocenters. The van der Waals surface area contributed by atoms with Gasteiger partial charge in [-0.1, -0.05) is 5.16 Å². The average Bonchev–Trinajstić information content (AvgIpc) is 2.88. The number of piperidine rings is 1. The van der Waals surface area contributed by atoms with Gasteiger partial charge < -0.3 is 14.7 Å². The zero-order valence-corrected chi connectivity index (χ0v) is 14.3. The van der Waals surface area contributed by atoms with Crippen LogP contribution in [0.3, 0.4) is 0 Å². The molecule has 0 saturated carbocycles. The summed E-state index contributed by atoms with van der Waals surface area (Å²) in [6, 6.07) is 0. The predicted molar refractivity (Wildman–Crippen MR) is 88.0 cm³/mol. The second-order valence-corrected chi connectivity index (χ2v) is 6.86. The average molecular weight is 320 g/mol. The zero-order valence-electron chi connectivity index (χ0n) is 14.3. The van der Waals surface area contributed by atoms with Gasteiger partial charge in [0.05, 0.1) is 5.69 Å². The Hall–Kier alpha value is -1.40. The molecule has 1 aromatic rings. The van der Waals surface area contributed by atoms with Crippen molar-refractivity contribution in [2.45, 2.75) is 39.7 Å². The fourth-order valence-electron chi connectivity index (χ4n) is 3.57. The van der Waals surface area contributed by atoms with E-state index in [1.54, 1.807) is 0 Å². The van der Waals surface area contributed by atoms with Crippen LogP contribution in [0.1, 0.15) is 36.3 Å². The first-order valence-corrected chi connectivity index (χ1v) is 8.76. The number of piperazine rings is 1. The van der Waals surface area contributed by atoms with Crippen molar-refractivity contribution in [3.8, 4) is 0 Å². The number of rotatable bonds is 4. The molecule has 1 aromatic heterocycles. The molecule has 0 radical (unpaired) electrons. The standard InChI is InChI=1S/C17H28N4O2/c1-13-16(14(2)23-19-13)12-20-7-9-21(10-8-20)17(22)11-15-3-5-18-6-4-15/h15,18H,3-12H2,1-2H3. The van der Waals surface area contributed by atoms with Crippen molar-refractivity contribution >= 4 is 5.91 Å². The van der Waals surface area contributed by atoms with Gasteiger partial charge in [0.15, 0.2) is 0 Å². The van der Waals surface area contributed by atoms with E-state index in [1.807, 2.05) is 18.7 Å². The number of nitrogens with one attached hydrogen (secondary N) is 1. The Labute approximate surface area is 138 Å². The molecule has 0 atom stereocenters. The highest BCUT2D eigenvalue weighted by molar-refractivity contribution is 5.76. The van der Waals surface area contributed by atoms with Crippen LogP contribution < -0.4 is 5.32 Å². The van der Waals surface area contributed by atoms with Gasteiger partial charge in [0, 0.05) is 44.7 Å². The van der Waals surface area contributed by atoms with Crippen molar-refractivity contribution in [3.63, 3.8) is 0 Å². The summed E-state index contributed by atoms with van der Waals surface area (Å²) in [6.07, 6.45) is 3.00. The Morgan fingerprint density at radius 1 is 1.22 bits per heavy atom. The molecule has 2 aliphatic rings. The number of hydrogen-bond donors (Lipinski definition) is 1. The van der Waals surface area contributed by atoms with Crippen molar-refractivity contribution in [1.82, 2.24) is 20.3 Å². The fourth-order valence-corrected chi connectivity index (χ4v) is 3.57. The number of carbonyl (C=O) groups is 1. The van der Waals surface area contributed by atoms with Crippen LogP contribution in [0.4, 0.5) is 0 Å². The van der Waals surface area contributed by atoms with Crippen molar-refractivity contribution in [1.29, 1.82) is 0 Å². The predicted octanol–water partition coefficient (Wildman–Crippen LogP) is 1.33. The van der Waals surface area contributed by atoms with Gasteiger partial charge in [-0.05, 0) is 45.7 Å². The summed E-state index contributed by atoms with van der Waals surface area (Å²) in [5.41, 5.74) is 2.17. The van der Waals surface area contributed by atoms with Crippen LogP contribution in [-0.2, 0) is 11.3 Å². The lowest BCUT2D eigenvalue weighted by Gasteiger charge is -2.35. The fraction of sp³-hybridized carbons (Fsp3) is 0.765. The molecule has 23 heavy (non-hydrogen) atoms. The van der Waals surface area contributed by atoms with E-state index in [2.05, 4.69) is 15.4 Å². The SMILES string of the molecule is Cc1noc(C)c1CN1CCN(C(=O)CC2CCNCC2)CC1. The Balaban J connectivity index is 1.45. The Morgan fingerprint density at radius 3 is 2.52 bits per heavy atom. The third-order valence-corrected chi connectivity index (χ3v) is 5.21. The van der Waals surface area contributed by atoms with Crippen LogP contribution in [0.2, 0.25) is 0 Å². The van der Waals surface area contributed by atoms with Gasteiger partial charge in [0.25, 0.3) is 0 Å². The van der Waals surface area contributed by atoms with Gasteiger partial charge in [-0.2, -0.15) is 0 Å². The highest BCUT2D eigenvalue weighted by atomic mass is 16.5. The zero-order chi connectivity index (χ0) is 16.2. The van der Waals surface area contributed by atoms with Crippen LogP contribution in [0, 0.1) is 19.8 Å². The molecule has 0 aliphatic carbocycles. The maximum Gasteiger partial charge on any atom is 0.222 e. The van der Waals surface area contributed by atoms with Crippen molar-refractivity contribution in [3.05, 3.63) is 17.0 Å². The van der Waals surface area contributed by atoms with Gasteiger partial charge in [0.1, 0.15) is 5.76 Å². The molecule has 2 saturated heterocycles. The van der Waals surface area contributed by atoms with Crippen LogP contribution in [-0.4, -0.2) is 60.1 Å². The third kappa shape index (κ3) is 4.12. The number of hydrogen-bond acceptors (Lipinski definition) is 5. The molecule has 2 aliphatic heterocycles. The minimum atomic E-state index is 0.342. The maximum absolute atomic E-state index is 12.5. The van der Waals surface area contributed by atoms with E-state index in [0.717, 1.165) is 76.5 Å². The summed E-state index contributed by atoms with van der Waals surface area (Å²) < 4.78 is 5.23. The Kier molecular flexibility index (Phi) is 5.33. The van der Waals surface area contributed by atoms with E-state index in [9.17, 15) is 4.79 Å². The summed E-state index contributed by atoms with van der Waals surface area (Å²) in [6.45, 7) is 10.5. The van der Waals surface area contributed by atoms with E-state index >= 15 is 0 Å². The monoisotopic (exact) mass is 320 g/mol. The Bertz CT molecular complexity index is 509. The number of nitrogens with zero attached hydrogens (tertiary/aromatic N) is 3. The van der Waals surface area contributed by atoms with Crippen LogP contribution in [0.25, 0.3) is 0 Å². The highest BCUT2D eigenvalue weighted by Gasteiger charge is 2.25. The number of amides is 1. The molecule has 0 spiro atoms. The topological polar surface area (TPSA) is 61.6 Å². The Morgan fingerprint density at radius 2 is 1.91 bits per heavy atom. The van der Waals surface area contributed by atoms with Crippen LogP contribution in [0.15, 0.2) is 4.52 Å². The lowest BCUT2D eigenvalue weighted by atomic mass is 9.94. The summed E-state index contributed by atoms with van der Waals surface area (Å²) >= 11 is 0. The van der Waals surface area contributed by atoms with Crippen LogP contribution in [0.5, 0.6) is 0 Å². The lowest BCUT2D eigenvalue weighted by molar-refractivity contribution is -0.134. The summed E-state index contributed by atoms with van der Waals surface area (Å²) in [4.78, 5) is 16.9. The minimum Gasteiger partial charge on any atom is -0.361 e. The molecule has 128 valence electrons. The normalized spacial score (nSPS) is 20.9. The van der Waals surface area contributed by atoms with E-state index in [1.165, 1.54) is 5.56 Å². The quantitative estimate of drug-likeness (QED) is 0.907. The van der Waals surface area contributed by atoms with Crippen molar-refractivity contribution < 1.29 is 9.32 Å². The van der Waals surface area contributed by atoms with Gasteiger partial charge in [-0.3, -0.25) is 9.69 Å². The molecule has 3 heterocycles. The van der Waals surface area contributed by atoms with Gasteiger partial charge in [-0.25, -0.2) is 0 Å². The van der Waals surface area contributed by atoms with Gasteiger partial charge in [0.2, 0.25) is 5.91 Å². The molecule has 2 fully saturated rings. The molecular formula is C17H28N4O2. The van der Waals surface area contributed by atoms with Crippen LogP contribution >= 0.6 is 0 Å². The summed E-state index contributed by atoms with van der Waals surface area (Å²) in [7, 11) is 0. The summed E-state index contributed by atoms with van der Waals surface area (Å²) in [5.74, 6) is 1.82. The molecule has 6 nitrogen and oxygen atoms in total. The summed E-state index contributed by atoms with van der Waals surface area (Å²) in [5, 5.41) is 7.38. The van der Waals surface area contributed by atoms with Gasteiger partial charge in [-0.15, -0.1) is 0 Å². The first-order valence-electron chi connectivity index (χ1n) is 8.76. The minimum absolute atomic E-state index is 0.342. The molecule has 0 bridgehead atoms. The number of carbonyl (C=O) groups excluding carboxylic acids is 1. The molecule has 1 N–H and O–H groups in total. The van der Waals surface area contributed by atoms with Gasteiger partial charge >= 0.3 is 0 Å². The van der Waals surface area contributed by atoms with E-state index < -0.39 is 0 Å². The molecule has 0 aromatic carbocycles. The highest BCUT2D eigenvalue weighted by Crippen LogP contribution is 2.19. The van der Waals surface area contributed by atoms with Crippen molar-refractivity contribution in [2.75, 3.05) is 39.3 Å². The number of aromatic nitrogens is 1. The molecule has 1 amide bonds. The van der Waals surface area contributed by atoms with Crippen molar-refractivity contribution in [2.24, 2.45) is 5.92 Å². The molecule has 3 rings (SSSR count). The largest absolute Gasteiger partial charge is 0.361 e. The first kappa shape index (κ1) is 16.5.